The van der Waals surface area contributed by atoms with Gasteiger partial charge in [0, 0.05) is 62.1 Å². The Balaban J connectivity index is 0.00000225. The highest BCUT2D eigenvalue weighted by Crippen LogP contribution is 2.29. The smallest absolute Gasteiger partial charge is 0.193 e. The first kappa shape index (κ1) is 21.1. The van der Waals surface area contributed by atoms with Crippen molar-refractivity contribution in [3.05, 3.63) is 11.1 Å². The Morgan fingerprint density at radius 1 is 1.32 bits per heavy atom. The molecule has 5 nitrogen and oxygen atoms in total. The van der Waals surface area contributed by atoms with Crippen molar-refractivity contribution in [1.29, 1.82) is 0 Å². The van der Waals surface area contributed by atoms with Crippen LogP contribution in [-0.4, -0.2) is 66.1 Å². The Morgan fingerprint density at radius 2 is 2.08 bits per heavy atom. The number of nitrogens with one attached hydrogen (secondary N) is 1. The third kappa shape index (κ3) is 5.89. The van der Waals surface area contributed by atoms with Crippen LogP contribution in [0.3, 0.4) is 0 Å². The number of aromatic nitrogens is 1. The van der Waals surface area contributed by atoms with Crippen molar-refractivity contribution in [3.8, 4) is 0 Å². The average Bonchev–Trinajstić information content (AvgIpc) is 3.21. The van der Waals surface area contributed by atoms with Crippen LogP contribution in [0.5, 0.6) is 0 Å². The molecule has 2 saturated heterocycles. The lowest BCUT2D eigenvalue weighted by Gasteiger charge is -2.39. The Bertz CT molecular complexity index is 569. The van der Waals surface area contributed by atoms with Gasteiger partial charge in [0.05, 0.1) is 5.69 Å². The number of halogens is 1. The summed E-state index contributed by atoms with van der Waals surface area (Å²) in [6.07, 6.45) is 3.56. The Hall–Kier alpha value is -0.220. The van der Waals surface area contributed by atoms with E-state index in [1.54, 1.807) is 11.3 Å². The van der Waals surface area contributed by atoms with Crippen molar-refractivity contribution in [2.75, 3.05) is 50.4 Å². The number of anilines is 1. The lowest BCUT2D eigenvalue weighted by atomic mass is 10.2. The lowest BCUT2D eigenvalue weighted by Crippen LogP contribution is -2.51. The molecule has 0 saturated carbocycles. The maximum atomic E-state index is 4.80. The number of hydrogen-bond acceptors (Lipinski definition) is 5. The summed E-state index contributed by atoms with van der Waals surface area (Å²) in [6.45, 7) is 9.97. The molecule has 3 heterocycles. The van der Waals surface area contributed by atoms with E-state index in [1.807, 2.05) is 18.8 Å². The summed E-state index contributed by atoms with van der Waals surface area (Å²) < 4.78 is 0.301. The first-order valence-electron chi connectivity index (χ1n) is 8.86. The van der Waals surface area contributed by atoms with E-state index in [2.05, 4.69) is 39.3 Å². The Kier molecular flexibility index (Phi) is 8.13. The van der Waals surface area contributed by atoms with Gasteiger partial charge < -0.3 is 15.1 Å². The van der Waals surface area contributed by atoms with Gasteiger partial charge in [0.25, 0.3) is 0 Å². The van der Waals surface area contributed by atoms with Crippen LogP contribution in [0.4, 0.5) is 5.13 Å². The molecule has 2 aliphatic heterocycles. The predicted molar refractivity (Wildman–Crippen MR) is 122 cm³/mol. The van der Waals surface area contributed by atoms with E-state index in [0.29, 0.717) is 4.75 Å². The molecule has 1 aromatic heterocycles. The van der Waals surface area contributed by atoms with Crippen LogP contribution < -0.4 is 10.2 Å². The monoisotopic (exact) mass is 495 g/mol. The number of thiazole rings is 1. The van der Waals surface area contributed by atoms with Gasteiger partial charge in [0.15, 0.2) is 11.1 Å². The standard InChI is InChI=1S/C17H29N5S2.HI/c1-17(2)13-22(10-11-24-17)15(18-3)19-7-6-14-12-23-16(20-14)21-8-4-5-9-21;/h12H,4-11,13H2,1-3H3,(H,18,19);1H. The van der Waals surface area contributed by atoms with Gasteiger partial charge in [0.2, 0.25) is 0 Å². The van der Waals surface area contributed by atoms with E-state index in [9.17, 15) is 0 Å². The Morgan fingerprint density at radius 3 is 2.76 bits per heavy atom. The van der Waals surface area contributed by atoms with Gasteiger partial charge in [-0.3, -0.25) is 4.99 Å². The van der Waals surface area contributed by atoms with Crippen LogP contribution in [0.1, 0.15) is 32.4 Å². The van der Waals surface area contributed by atoms with Gasteiger partial charge in [-0.2, -0.15) is 11.8 Å². The molecule has 1 N–H and O–H groups in total. The third-order valence-corrected chi connectivity index (χ3v) is 6.76. The van der Waals surface area contributed by atoms with E-state index in [0.717, 1.165) is 32.0 Å². The molecule has 2 fully saturated rings. The normalized spacial score (nSPS) is 20.5. The second-order valence-corrected chi connectivity index (χ2v) is 9.71. The molecular formula is C17H30IN5S2. The summed E-state index contributed by atoms with van der Waals surface area (Å²) in [4.78, 5) is 14.1. The number of hydrogen-bond donors (Lipinski definition) is 1. The van der Waals surface area contributed by atoms with Crippen molar-refractivity contribution in [1.82, 2.24) is 15.2 Å². The molecule has 3 rings (SSSR count). The SMILES string of the molecule is CN=C(NCCc1csc(N2CCCC2)n1)N1CCSC(C)(C)C1.I. The summed E-state index contributed by atoms with van der Waals surface area (Å²) in [7, 11) is 1.88. The highest BCUT2D eigenvalue weighted by Gasteiger charge is 2.28. The van der Waals surface area contributed by atoms with Crippen molar-refractivity contribution in [3.63, 3.8) is 0 Å². The van der Waals surface area contributed by atoms with Crippen LogP contribution in [0.25, 0.3) is 0 Å². The largest absolute Gasteiger partial charge is 0.356 e. The first-order valence-corrected chi connectivity index (χ1v) is 10.7. The Labute approximate surface area is 177 Å². The van der Waals surface area contributed by atoms with Crippen LogP contribution in [0.2, 0.25) is 0 Å². The number of rotatable bonds is 4. The minimum Gasteiger partial charge on any atom is -0.356 e. The summed E-state index contributed by atoms with van der Waals surface area (Å²) in [5, 5.41) is 6.92. The molecule has 0 spiro atoms. The molecule has 0 bridgehead atoms. The third-order valence-electron chi connectivity index (χ3n) is 4.52. The molecule has 0 amide bonds. The predicted octanol–water partition coefficient (Wildman–Crippen LogP) is 3.31. The topological polar surface area (TPSA) is 43.8 Å². The fourth-order valence-corrected chi connectivity index (χ4v) is 5.32. The van der Waals surface area contributed by atoms with Crippen LogP contribution in [0.15, 0.2) is 10.4 Å². The van der Waals surface area contributed by atoms with Gasteiger partial charge >= 0.3 is 0 Å². The summed E-state index contributed by atoms with van der Waals surface area (Å²) in [5.74, 6) is 2.19. The number of nitrogens with zero attached hydrogens (tertiary/aromatic N) is 4. The molecule has 25 heavy (non-hydrogen) atoms. The quantitative estimate of drug-likeness (QED) is 0.395. The van der Waals surface area contributed by atoms with Gasteiger partial charge in [-0.05, 0) is 26.7 Å². The molecule has 8 heteroatoms. The summed E-state index contributed by atoms with van der Waals surface area (Å²) in [5.41, 5.74) is 1.19. The van der Waals surface area contributed by atoms with E-state index < -0.39 is 0 Å². The molecule has 0 unspecified atom stereocenters. The summed E-state index contributed by atoms with van der Waals surface area (Å²) >= 11 is 3.83. The molecule has 0 atom stereocenters. The zero-order valence-corrected chi connectivity index (χ0v) is 19.4. The molecular weight excluding hydrogens is 465 g/mol. The maximum absolute atomic E-state index is 4.80. The van der Waals surface area contributed by atoms with Crippen LogP contribution in [-0.2, 0) is 6.42 Å². The molecule has 142 valence electrons. The highest BCUT2D eigenvalue weighted by molar-refractivity contribution is 14.0. The van der Waals surface area contributed by atoms with Crippen molar-refractivity contribution < 1.29 is 0 Å². The second-order valence-electron chi connectivity index (χ2n) is 7.07. The lowest BCUT2D eigenvalue weighted by molar-refractivity contribution is 0.376. The maximum Gasteiger partial charge on any atom is 0.193 e. The van der Waals surface area contributed by atoms with Crippen molar-refractivity contribution >= 4 is 58.2 Å². The van der Waals surface area contributed by atoms with E-state index in [1.165, 1.54) is 42.5 Å². The molecule has 2 aliphatic rings. The number of thioether (sulfide) groups is 1. The summed E-state index contributed by atoms with van der Waals surface area (Å²) in [6, 6.07) is 0. The zero-order chi connectivity index (χ0) is 17.0. The zero-order valence-electron chi connectivity index (χ0n) is 15.5. The van der Waals surface area contributed by atoms with E-state index in [4.69, 9.17) is 4.98 Å². The van der Waals surface area contributed by atoms with Gasteiger partial charge in [-0.15, -0.1) is 35.3 Å². The van der Waals surface area contributed by atoms with Crippen LogP contribution >= 0.6 is 47.1 Å². The fourth-order valence-electron chi connectivity index (χ4n) is 3.30. The molecule has 1 aromatic rings. The minimum absolute atomic E-state index is 0. The highest BCUT2D eigenvalue weighted by atomic mass is 127. The van der Waals surface area contributed by atoms with E-state index >= 15 is 0 Å². The first-order chi connectivity index (χ1) is 11.6. The van der Waals surface area contributed by atoms with E-state index in [-0.39, 0.29) is 24.0 Å². The molecule has 0 radical (unpaired) electrons. The fraction of sp³-hybridized carbons (Fsp3) is 0.765. The van der Waals surface area contributed by atoms with Crippen LogP contribution in [0, 0.1) is 0 Å². The minimum atomic E-state index is 0. The molecule has 0 aliphatic carbocycles. The van der Waals surface area contributed by atoms with Crippen molar-refractivity contribution in [2.24, 2.45) is 4.99 Å². The van der Waals surface area contributed by atoms with Gasteiger partial charge in [-0.25, -0.2) is 4.98 Å². The average molecular weight is 496 g/mol. The number of aliphatic imine (C=N–C) groups is 1. The second kappa shape index (κ2) is 9.64. The van der Waals surface area contributed by atoms with Gasteiger partial charge in [-0.1, -0.05) is 0 Å². The van der Waals surface area contributed by atoms with Gasteiger partial charge in [0.1, 0.15) is 0 Å². The van der Waals surface area contributed by atoms with Crippen molar-refractivity contribution in [2.45, 2.75) is 37.9 Å². The molecule has 0 aromatic carbocycles. The number of guanidine groups is 1.